The van der Waals surface area contributed by atoms with E-state index in [4.69, 9.17) is 0 Å². The summed E-state index contributed by atoms with van der Waals surface area (Å²) in [6.07, 6.45) is 16.9. The van der Waals surface area contributed by atoms with Crippen LogP contribution < -0.4 is 24.8 Å². The van der Waals surface area contributed by atoms with Crippen molar-refractivity contribution < 1.29 is 44.0 Å². The molecular formula is C26H35Cl2PTi. The van der Waals surface area contributed by atoms with E-state index in [1.165, 1.54) is 31.6 Å². The summed E-state index contributed by atoms with van der Waals surface area (Å²) in [5.74, 6) is 2.48. The number of benzene rings is 1. The molecule has 3 aliphatic rings. The van der Waals surface area contributed by atoms with Crippen molar-refractivity contribution in [3.8, 4) is 0 Å². The fourth-order valence-corrected chi connectivity index (χ4v) is 12.6. The predicted molar refractivity (Wildman–Crippen MR) is 122 cm³/mol. The van der Waals surface area contributed by atoms with E-state index in [1.807, 2.05) is 10.9 Å². The van der Waals surface area contributed by atoms with Crippen LogP contribution in [0.2, 0.25) is 4.22 Å². The van der Waals surface area contributed by atoms with Gasteiger partial charge in [0, 0.05) is 0 Å². The van der Waals surface area contributed by atoms with E-state index < -0.39 is 0 Å². The smallest absolute Gasteiger partial charge is 1.00 e. The second-order valence-corrected chi connectivity index (χ2v) is 14.5. The molecule has 0 aromatic heterocycles. The SMILES string of the molecule is CC(C)CP(CC(C)C)C1=Cc2ccccc2[CH]1[Ti+2][CH]1CCC2CC=CC=C21.[Cl-].[Cl-]. The number of hydrogen-bond acceptors (Lipinski definition) is 0. The molecule has 0 nitrogen and oxygen atoms in total. The molecule has 0 heterocycles. The van der Waals surface area contributed by atoms with Crippen molar-refractivity contribution in [2.45, 2.75) is 55.4 Å². The molecule has 0 saturated heterocycles. The Balaban J connectivity index is 0.00000160. The zero-order valence-corrected chi connectivity index (χ0v) is 22.7. The van der Waals surface area contributed by atoms with Crippen molar-refractivity contribution in [3.05, 3.63) is 64.5 Å². The molecule has 1 aromatic rings. The molecule has 1 saturated carbocycles. The Labute approximate surface area is 207 Å². The maximum absolute atomic E-state index is 2.64. The first-order chi connectivity index (χ1) is 13.5. The van der Waals surface area contributed by atoms with E-state index in [1.54, 1.807) is 11.1 Å². The quantitative estimate of drug-likeness (QED) is 0.400. The zero-order chi connectivity index (χ0) is 19.7. The second kappa shape index (κ2) is 11.9. The van der Waals surface area contributed by atoms with Crippen molar-refractivity contribution in [2.75, 3.05) is 12.3 Å². The molecule has 4 heteroatoms. The first kappa shape index (κ1) is 26.4. The van der Waals surface area contributed by atoms with Crippen molar-refractivity contribution >= 4 is 14.0 Å². The van der Waals surface area contributed by atoms with Crippen molar-refractivity contribution in [2.24, 2.45) is 17.8 Å². The zero-order valence-electron chi connectivity index (χ0n) is 18.7. The third kappa shape index (κ3) is 5.94. The largest absolute Gasteiger partial charge is 1.00 e. The molecule has 0 aliphatic heterocycles. The molecule has 3 atom stereocenters. The summed E-state index contributed by atoms with van der Waals surface area (Å²) in [4.78, 5) is 0. The Morgan fingerprint density at radius 1 is 1.00 bits per heavy atom. The third-order valence-electron chi connectivity index (χ3n) is 6.33. The Bertz CT molecular complexity index is 786. The molecule has 0 N–H and O–H groups in total. The van der Waals surface area contributed by atoms with Gasteiger partial charge in [-0.15, -0.1) is 0 Å². The van der Waals surface area contributed by atoms with Crippen molar-refractivity contribution in [1.82, 2.24) is 0 Å². The molecule has 0 radical (unpaired) electrons. The molecule has 1 fully saturated rings. The first-order valence-electron chi connectivity index (χ1n) is 11.2. The molecule has 4 rings (SSSR count). The summed E-state index contributed by atoms with van der Waals surface area (Å²) in [6, 6.07) is 9.34. The summed E-state index contributed by atoms with van der Waals surface area (Å²) in [6.45, 7) is 9.68. The summed E-state index contributed by atoms with van der Waals surface area (Å²) < 4.78 is 1.71. The van der Waals surface area contributed by atoms with Gasteiger partial charge in [0.15, 0.2) is 0 Å². The van der Waals surface area contributed by atoms with Gasteiger partial charge in [0.2, 0.25) is 0 Å². The van der Waals surface area contributed by atoms with E-state index >= 15 is 0 Å². The summed E-state index contributed by atoms with van der Waals surface area (Å²) in [7, 11) is -0.00687. The normalized spacial score (nSPS) is 24.0. The molecule has 0 spiro atoms. The van der Waals surface area contributed by atoms with Crippen molar-refractivity contribution in [3.63, 3.8) is 0 Å². The van der Waals surface area contributed by atoms with Crippen LogP contribution in [-0.4, -0.2) is 12.3 Å². The third-order valence-corrected chi connectivity index (χ3v) is 13.3. The van der Waals surface area contributed by atoms with E-state index in [2.05, 4.69) is 76.3 Å². The van der Waals surface area contributed by atoms with Gasteiger partial charge in [0.1, 0.15) is 0 Å². The van der Waals surface area contributed by atoms with Crippen LogP contribution >= 0.6 is 7.92 Å². The molecular weight excluding hydrogens is 462 g/mol. The number of allylic oxidation sites excluding steroid dienone is 5. The maximum Gasteiger partial charge on any atom is -1.00 e. The number of fused-ring (bicyclic) bond motifs is 2. The van der Waals surface area contributed by atoms with Gasteiger partial charge in [-0.25, -0.2) is 0 Å². The van der Waals surface area contributed by atoms with Crippen LogP contribution in [0.3, 0.4) is 0 Å². The van der Waals surface area contributed by atoms with Gasteiger partial charge in [-0.3, -0.25) is 0 Å². The van der Waals surface area contributed by atoms with Gasteiger partial charge in [-0.05, 0) is 0 Å². The van der Waals surface area contributed by atoms with Gasteiger partial charge in [0.25, 0.3) is 0 Å². The van der Waals surface area contributed by atoms with E-state index in [0.717, 1.165) is 26.2 Å². The Morgan fingerprint density at radius 2 is 1.70 bits per heavy atom. The number of halogens is 2. The molecule has 3 unspecified atom stereocenters. The average molecular weight is 497 g/mol. The summed E-state index contributed by atoms with van der Waals surface area (Å²) in [5.41, 5.74) is 5.04. The standard InChI is InChI=1S/C17H24P.C9H11.2ClH.Ti/c1-13(2)11-18(12-14(3)4)17-9-15-7-5-6-8-16(15)10-17;1-2-5-9-7-3-6-8(9)4-1;;;/h5-10,13-14H,11-12H2,1-4H3;1-2,4,6,9H,3,5,7H2;2*1H;/q;;;;+2/p-2. The fourth-order valence-electron chi connectivity index (χ4n) is 5.22. The van der Waals surface area contributed by atoms with Gasteiger partial charge in [0.05, 0.1) is 0 Å². The van der Waals surface area contributed by atoms with Crippen LogP contribution in [-0.2, 0) is 19.2 Å². The van der Waals surface area contributed by atoms with Gasteiger partial charge < -0.3 is 24.8 Å². The number of hydrogen-bond donors (Lipinski definition) is 0. The molecule has 162 valence electrons. The van der Waals surface area contributed by atoms with Gasteiger partial charge in [-0.2, -0.15) is 0 Å². The molecule has 3 aliphatic carbocycles. The van der Waals surface area contributed by atoms with E-state index in [-0.39, 0.29) is 51.9 Å². The van der Waals surface area contributed by atoms with Crippen LogP contribution in [0.25, 0.3) is 6.08 Å². The fraction of sp³-hybridized carbons (Fsp3) is 0.538. The van der Waals surface area contributed by atoms with Crippen LogP contribution in [0, 0.1) is 17.8 Å². The van der Waals surface area contributed by atoms with Gasteiger partial charge in [-0.1, -0.05) is 0 Å². The molecule has 0 amide bonds. The monoisotopic (exact) mass is 496 g/mol. The van der Waals surface area contributed by atoms with E-state index in [9.17, 15) is 0 Å². The Hall–Kier alpha value is 0.164. The minimum atomic E-state index is -0.0660. The first-order valence-corrected chi connectivity index (χ1v) is 14.7. The summed E-state index contributed by atoms with van der Waals surface area (Å²) >= 11 is -0.0660. The van der Waals surface area contributed by atoms with Crippen LogP contribution in [0.15, 0.2) is 53.4 Å². The topological polar surface area (TPSA) is 0 Å². The molecule has 1 aromatic carbocycles. The minimum Gasteiger partial charge on any atom is -1.00 e. The minimum absolute atomic E-state index is 0. The van der Waals surface area contributed by atoms with Crippen LogP contribution in [0.1, 0.15) is 62.3 Å². The van der Waals surface area contributed by atoms with Crippen LogP contribution in [0.4, 0.5) is 0 Å². The van der Waals surface area contributed by atoms with Gasteiger partial charge >= 0.3 is 183 Å². The van der Waals surface area contributed by atoms with Crippen molar-refractivity contribution in [1.29, 1.82) is 0 Å². The maximum atomic E-state index is 2.64. The van der Waals surface area contributed by atoms with E-state index in [0.29, 0.717) is 0 Å². The second-order valence-electron chi connectivity index (χ2n) is 9.65. The Kier molecular flexibility index (Phi) is 10.4. The molecule has 0 bridgehead atoms. The predicted octanol–water partition coefficient (Wildman–Crippen LogP) is 2.05. The molecule has 30 heavy (non-hydrogen) atoms. The van der Waals surface area contributed by atoms with Crippen LogP contribution in [0.5, 0.6) is 0 Å². The average Bonchev–Trinajstić information content (AvgIpc) is 3.23. The number of rotatable bonds is 7. The Morgan fingerprint density at radius 3 is 2.40 bits per heavy atom. The summed E-state index contributed by atoms with van der Waals surface area (Å²) in [5, 5.41) is 1.87.